The highest BCUT2D eigenvalue weighted by atomic mass is 32.2. The summed E-state index contributed by atoms with van der Waals surface area (Å²) < 4.78 is 62.1. The Hall–Kier alpha value is -2.04. The maximum absolute atomic E-state index is 12.9. The molecular weight excluding hydrogens is 368 g/mol. The van der Waals surface area contributed by atoms with E-state index in [-0.39, 0.29) is 23.9 Å². The number of benzene rings is 1. The summed E-state index contributed by atoms with van der Waals surface area (Å²) in [5.41, 5.74) is 1.50. The minimum Gasteiger partial charge on any atom is -0.435 e. The average molecular weight is 389 g/mol. The monoisotopic (exact) mass is 389 g/mol. The van der Waals surface area contributed by atoms with E-state index < -0.39 is 16.6 Å². The van der Waals surface area contributed by atoms with Crippen LogP contribution in [0.25, 0.3) is 0 Å². The maximum Gasteiger partial charge on any atom is 0.387 e. The largest absolute Gasteiger partial charge is 0.435 e. The first-order valence-corrected chi connectivity index (χ1v) is 9.14. The number of aromatic nitrogens is 2. The first-order valence-electron chi connectivity index (χ1n) is 7.70. The lowest BCUT2D eigenvalue weighted by Gasteiger charge is -2.18. The van der Waals surface area contributed by atoms with Crippen LogP contribution in [0.1, 0.15) is 17.0 Å². The second kappa shape index (κ2) is 8.11. The molecule has 26 heavy (non-hydrogen) atoms. The lowest BCUT2D eigenvalue weighted by atomic mass is 10.2. The number of nitrogens with zero attached hydrogens (tertiary/aromatic N) is 3. The van der Waals surface area contributed by atoms with Gasteiger partial charge in [-0.05, 0) is 31.5 Å². The van der Waals surface area contributed by atoms with E-state index in [0.717, 1.165) is 0 Å². The van der Waals surface area contributed by atoms with Gasteiger partial charge in [0.25, 0.3) is 0 Å². The van der Waals surface area contributed by atoms with Crippen molar-refractivity contribution in [3.05, 3.63) is 41.2 Å². The first kappa shape index (κ1) is 20.3. The Balaban J connectivity index is 2.22. The van der Waals surface area contributed by atoms with Crippen molar-refractivity contribution < 1.29 is 26.7 Å². The van der Waals surface area contributed by atoms with Gasteiger partial charge in [-0.3, -0.25) is 0 Å². The predicted octanol–water partition coefficient (Wildman–Crippen LogP) is 2.53. The quantitative estimate of drug-likeness (QED) is 0.694. The van der Waals surface area contributed by atoms with Crippen molar-refractivity contribution in [1.29, 1.82) is 0 Å². The zero-order valence-electron chi connectivity index (χ0n) is 14.9. The van der Waals surface area contributed by atoms with Crippen molar-refractivity contribution in [2.45, 2.75) is 38.6 Å². The molecule has 0 spiro atoms. The van der Waals surface area contributed by atoms with Gasteiger partial charge in [-0.25, -0.2) is 13.1 Å². The Morgan fingerprint density at radius 2 is 1.85 bits per heavy atom. The van der Waals surface area contributed by atoms with Gasteiger partial charge in [-0.2, -0.15) is 18.2 Å². The first-order chi connectivity index (χ1) is 12.2. The molecule has 0 unspecified atom stereocenters. The van der Waals surface area contributed by atoms with E-state index in [9.17, 15) is 17.2 Å². The van der Waals surface area contributed by atoms with E-state index in [0.29, 0.717) is 17.0 Å². The van der Waals surface area contributed by atoms with Crippen LogP contribution in [0.15, 0.2) is 29.2 Å². The van der Waals surface area contributed by atoms with Crippen LogP contribution < -0.4 is 4.74 Å². The maximum atomic E-state index is 12.9. The Morgan fingerprint density at radius 3 is 2.38 bits per heavy atom. The number of alkyl halides is 2. The van der Waals surface area contributed by atoms with Gasteiger partial charge >= 0.3 is 6.61 Å². The van der Waals surface area contributed by atoms with Crippen molar-refractivity contribution >= 4 is 10.0 Å². The van der Waals surface area contributed by atoms with Crippen LogP contribution >= 0.6 is 0 Å². The molecule has 0 amide bonds. The number of hydrogen-bond acceptors (Lipinski definition) is 5. The third-order valence-corrected chi connectivity index (χ3v) is 5.84. The zero-order valence-corrected chi connectivity index (χ0v) is 15.8. The van der Waals surface area contributed by atoms with Crippen LogP contribution in [0.2, 0.25) is 0 Å². The Labute approximate surface area is 151 Å². The summed E-state index contributed by atoms with van der Waals surface area (Å²) in [4.78, 5) is 0.134. The summed E-state index contributed by atoms with van der Waals surface area (Å²) in [5, 5.41) is 4.19. The summed E-state index contributed by atoms with van der Waals surface area (Å²) in [6, 6.07) is 5.82. The molecule has 0 aliphatic carbocycles. The van der Waals surface area contributed by atoms with Gasteiger partial charge in [0.2, 0.25) is 10.0 Å². The molecule has 1 aromatic carbocycles. The molecule has 0 fully saturated rings. The van der Waals surface area contributed by atoms with Gasteiger partial charge < -0.3 is 9.47 Å². The summed E-state index contributed by atoms with van der Waals surface area (Å²) in [7, 11) is -0.834. The number of methoxy groups -OCH3 is 1. The minimum absolute atomic E-state index is 0.0155. The molecule has 0 N–H and O–H groups in total. The highest BCUT2D eigenvalue weighted by Crippen LogP contribution is 2.24. The lowest BCUT2D eigenvalue weighted by molar-refractivity contribution is -0.0498. The molecule has 7 nitrogen and oxygen atoms in total. The van der Waals surface area contributed by atoms with E-state index in [1.807, 2.05) is 0 Å². The fourth-order valence-corrected chi connectivity index (χ4v) is 4.10. The smallest absolute Gasteiger partial charge is 0.387 e. The second-order valence-electron chi connectivity index (χ2n) is 5.70. The molecule has 0 saturated heterocycles. The second-order valence-corrected chi connectivity index (χ2v) is 7.68. The van der Waals surface area contributed by atoms with Gasteiger partial charge in [0.05, 0.1) is 11.4 Å². The standard InChI is InChI=1S/C16H21F2N3O4S/c1-11-15(12(2)21(19-11)10-24-4)26(22,23)20(3)9-13-5-7-14(8-6-13)25-16(17)18/h5-8,16H,9-10H2,1-4H3. The fraction of sp³-hybridized carbons (Fsp3) is 0.438. The van der Waals surface area contributed by atoms with E-state index in [2.05, 4.69) is 9.84 Å². The molecule has 0 atom stereocenters. The van der Waals surface area contributed by atoms with E-state index in [1.165, 1.54) is 47.4 Å². The molecule has 0 aliphatic heterocycles. The zero-order chi connectivity index (χ0) is 19.5. The third-order valence-electron chi connectivity index (χ3n) is 3.79. The highest BCUT2D eigenvalue weighted by molar-refractivity contribution is 7.89. The normalized spacial score (nSPS) is 12.2. The summed E-state index contributed by atoms with van der Waals surface area (Å²) >= 11 is 0. The van der Waals surface area contributed by atoms with Crippen molar-refractivity contribution in [3.63, 3.8) is 0 Å². The van der Waals surface area contributed by atoms with E-state index in [4.69, 9.17) is 4.74 Å². The molecule has 2 rings (SSSR count). The molecule has 0 radical (unpaired) electrons. The number of ether oxygens (including phenoxy) is 2. The topological polar surface area (TPSA) is 73.7 Å². The molecule has 1 aromatic heterocycles. The molecule has 10 heteroatoms. The Kier molecular flexibility index (Phi) is 6.32. The summed E-state index contributed by atoms with van der Waals surface area (Å²) in [6.45, 7) is 0.605. The van der Waals surface area contributed by atoms with Crippen LogP contribution in [0.3, 0.4) is 0 Å². The van der Waals surface area contributed by atoms with Crippen molar-refractivity contribution in [3.8, 4) is 5.75 Å². The van der Waals surface area contributed by atoms with Crippen LogP contribution in [-0.4, -0.2) is 43.3 Å². The number of hydrogen-bond donors (Lipinski definition) is 0. The number of aryl methyl sites for hydroxylation is 1. The molecule has 0 aliphatic rings. The number of sulfonamides is 1. The van der Waals surface area contributed by atoms with Crippen LogP contribution in [0.4, 0.5) is 8.78 Å². The summed E-state index contributed by atoms with van der Waals surface area (Å²) in [5.74, 6) is 0.0155. The Bertz CT molecular complexity index is 851. The number of rotatable bonds is 8. The van der Waals surface area contributed by atoms with Crippen LogP contribution in [0.5, 0.6) is 5.75 Å². The van der Waals surface area contributed by atoms with Crippen molar-refractivity contribution in [1.82, 2.24) is 14.1 Å². The van der Waals surface area contributed by atoms with Gasteiger partial charge in [0.15, 0.2) is 0 Å². The Morgan fingerprint density at radius 1 is 1.23 bits per heavy atom. The van der Waals surface area contributed by atoms with Crippen LogP contribution in [-0.2, 0) is 28.0 Å². The minimum atomic E-state index is -3.78. The SMILES string of the molecule is COCn1nc(C)c(S(=O)(=O)N(C)Cc2ccc(OC(F)F)cc2)c1C. The summed E-state index contributed by atoms with van der Waals surface area (Å²) in [6.07, 6.45) is 0. The van der Waals surface area contributed by atoms with Crippen LogP contribution in [0, 0.1) is 13.8 Å². The highest BCUT2D eigenvalue weighted by Gasteiger charge is 2.28. The fourth-order valence-electron chi connectivity index (χ4n) is 2.58. The molecule has 144 valence electrons. The van der Waals surface area contributed by atoms with Gasteiger partial charge in [0.1, 0.15) is 17.4 Å². The van der Waals surface area contributed by atoms with Crippen molar-refractivity contribution in [2.24, 2.45) is 0 Å². The van der Waals surface area contributed by atoms with Gasteiger partial charge in [-0.1, -0.05) is 12.1 Å². The van der Waals surface area contributed by atoms with E-state index in [1.54, 1.807) is 13.8 Å². The molecule has 0 saturated carbocycles. The number of halogens is 2. The molecule has 0 bridgehead atoms. The average Bonchev–Trinajstić information content (AvgIpc) is 2.83. The third kappa shape index (κ3) is 4.37. The van der Waals surface area contributed by atoms with Gasteiger partial charge in [-0.15, -0.1) is 0 Å². The predicted molar refractivity (Wildman–Crippen MR) is 90.4 cm³/mol. The van der Waals surface area contributed by atoms with Crippen molar-refractivity contribution in [2.75, 3.05) is 14.2 Å². The van der Waals surface area contributed by atoms with Gasteiger partial charge in [0, 0.05) is 20.7 Å². The van der Waals surface area contributed by atoms with E-state index >= 15 is 0 Å². The molecular formula is C16H21F2N3O4S. The molecule has 2 aromatic rings. The molecule has 1 heterocycles. The lowest BCUT2D eigenvalue weighted by Crippen LogP contribution is -2.27.